The summed E-state index contributed by atoms with van der Waals surface area (Å²) in [7, 11) is 0. The van der Waals surface area contributed by atoms with E-state index < -0.39 is 0 Å². The second-order valence-corrected chi connectivity index (χ2v) is 3.12. The molecule has 3 heteroatoms. The molecule has 71 valence electrons. The van der Waals surface area contributed by atoms with E-state index in [1.165, 1.54) is 5.56 Å². The maximum atomic E-state index is 4.01. The molecule has 0 aliphatic rings. The third kappa shape index (κ3) is 1.82. The van der Waals surface area contributed by atoms with Crippen molar-refractivity contribution in [3.8, 4) is 0 Å². The summed E-state index contributed by atoms with van der Waals surface area (Å²) in [5.74, 6) is 0. The molecule has 0 fully saturated rings. The van der Waals surface area contributed by atoms with Gasteiger partial charge in [0.2, 0.25) is 0 Å². The van der Waals surface area contributed by atoms with Gasteiger partial charge in [-0.05, 0) is 18.9 Å². The minimum atomic E-state index is 0.722. The molecular formula is C11H12N3. The Morgan fingerprint density at radius 2 is 2.00 bits per heavy atom. The van der Waals surface area contributed by atoms with Crippen molar-refractivity contribution in [2.45, 2.75) is 13.0 Å². The minimum absolute atomic E-state index is 0.722. The van der Waals surface area contributed by atoms with Gasteiger partial charge in [0.15, 0.2) is 0 Å². The highest BCUT2D eigenvalue weighted by molar-refractivity contribution is 5.15. The Morgan fingerprint density at radius 1 is 1.21 bits per heavy atom. The van der Waals surface area contributed by atoms with Crippen LogP contribution in [0.15, 0.2) is 36.5 Å². The molecule has 2 rings (SSSR count). The van der Waals surface area contributed by atoms with Gasteiger partial charge in [-0.1, -0.05) is 35.5 Å². The fraction of sp³-hybridized carbons (Fsp3) is 0.182. The Kier molecular flexibility index (Phi) is 2.58. The quantitative estimate of drug-likeness (QED) is 0.730. The summed E-state index contributed by atoms with van der Waals surface area (Å²) >= 11 is 0. The lowest BCUT2D eigenvalue weighted by molar-refractivity contribution is 0.626. The van der Waals surface area contributed by atoms with Crippen LogP contribution in [-0.2, 0) is 13.0 Å². The largest absolute Gasteiger partial charge is 0.245 e. The number of nitrogens with zero attached hydrogens (tertiary/aromatic N) is 3. The Hall–Kier alpha value is -1.64. The van der Waals surface area contributed by atoms with E-state index in [1.54, 1.807) is 6.20 Å². The highest BCUT2D eigenvalue weighted by atomic mass is 15.4. The number of hydrogen-bond acceptors (Lipinski definition) is 2. The molecule has 0 aliphatic carbocycles. The first kappa shape index (κ1) is 8.94. The highest BCUT2D eigenvalue weighted by Gasteiger charge is 2.01. The van der Waals surface area contributed by atoms with Crippen LogP contribution in [0.3, 0.4) is 0 Å². The first-order valence-electron chi connectivity index (χ1n) is 4.60. The molecule has 0 saturated heterocycles. The summed E-state index contributed by atoms with van der Waals surface area (Å²) in [6, 6.07) is 10.2. The van der Waals surface area contributed by atoms with Gasteiger partial charge in [-0.25, -0.2) is 4.68 Å². The molecule has 0 amide bonds. The monoisotopic (exact) mass is 186 g/mol. The lowest BCUT2D eigenvalue weighted by Gasteiger charge is -2.03. The number of rotatable bonds is 3. The van der Waals surface area contributed by atoms with Crippen LogP contribution in [0.4, 0.5) is 0 Å². The van der Waals surface area contributed by atoms with E-state index in [-0.39, 0.29) is 0 Å². The smallest absolute Gasteiger partial charge is 0.0725 e. The van der Waals surface area contributed by atoms with Crippen LogP contribution in [0, 0.1) is 6.92 Å². The molecule has 1 radical (unpaired) electrons. The van der Waals surface area contributed by atoms with Crippen LogP contribution in [0.2, 0.25) is 0 Å². The van der Waals surface area contributed by atoms with E-state index in [0.29, 0.717) is 0 Å². The second kappa shape index (κ2) is 4.05. The van der Waals surface area contributed by atoms with E-state index in [4.69, 9.17) is 0 Å². The van der Waals surface area contributed by atoms with Crippen molar-refractivity contribution in [1.82, 2.24) is 15.0 Å². The van der Waals surface area contributed by atoms with Crippen LogP contribution in [0.5, 0.6) is 0 Å². The average Bonchev–Trinajstić information content (AvgIpc) is 2.67. The molecule has 3 nitrogen and oxygen atoms in total. The van der Waals surface area contributed by atoms with Crippen LogP contribution in [0.25, 0.3) is 0 Å². The lowest BCUT2D eigenvalue weighted by atomic mass is 10.2. The molecular weight excluding hydrogens is 174 g/mol. The van der Waals surface area contributed by atoms with E-state index in [9.17, 15) is 0 Å². The van der Waals surface area contributed by atoms with Gasteiger partial charge in [-0.15, -0.1) is 5.10 Å². The first-order chi connectivity index (χ1) is 6.90. The van der Waals surface area contributed by atoms with Gasteiger partial charge < -0.3 is 0 Å². The normalized spacial score (nSPS) is 10.4. The van der Waals surface area contributed by atoms with Crippen molar-refractivity contribution in [3.63, 3.8) is 0 Å². The highest BCUT2D eigenvalue weighted by Crippen LogP contribution is 2.04. The van der Waals surface area contributed by atoms with Gasteiger partial charge in [0, 0.05) is 0 Å². The fourth-order valence-electron chi connectivity index (χ4n) is 1.36. The van der Waals surface area contributed by atoms with Crippen molar-refractivity contribution < 1.29 is 0 Å². The topological polar surface area (TPSA) is 30.7 Å². The maximum Gasteiger partial charge on any atom is 0.0725 e. The van der Waals surface area contributed by atoms with Crippen LogP contribution < -0.4 is 0 Å². The van der Waals surface area contributed by atoms with Gasteiger partial charge in [0.25, 0.3) is 0 Å². The SMILES string of the molecule is [CH2]Cc1cnnn1Cc1ccccc1. The van der Waals surface area contributed by atoms with Crippen molar-refractivity contribution in [1.29, 1.82) is 0 Å². The molecule has 0 unspecified atom stereocenters. The maximum absolute atomic E-state index is 4.01. The van der Waals surface area contributed by atoms with Gasteiger partial charge in [-0.3, -0.25) is 0 Å². The van der Waals surface area contributed by atoms with Crippen molar-refractivity contribution in [3.05, 3.63) is 54.7 Å². The molecule has 14 heavy (non-hydrogen) atoms. The third-order valence-electron chi connectivity index (χ3n) is 2.13. The zero-order valence-corrected chi connectivity index (χ0v) is 7.93. The summed E-state index contributed by atoms with van der Waals surface area (Å²) in [6.07, 6.45) is 2.48. The molecule has 0 bridgehead atoms. The molecule has 2 aromatic rings. The summed E-state index contributed by atoms with van der Waals surface area (Å²) < 4.78 is 1.88. The number of hydrogen-bond donors (Lipinski definition) is 0. The van der Waals surface area contributed by atoms with Gasteiger partial charge >= 0.3 is 0 Å². The zero-order chi connectivity index (χ0) is 9.80. The lowest BCUT2D eigenvalue weighted by Crippen LogP contribution is -2.05. The first-order valence-corrected chi connectivity index (χ1v) is 4.60. The minimum Gasteiger partial charge on any atom is -0.245 e. The van der Waals surface area contributed by atoms with Gasteiger partial charge in [-0.2, -0.15) is 0 Å². The van der Waals surface area contributed by atoms with E-state index >= 15 is 0 Å². The summed E-state index contributed by atoms with van der Waals surface area (Å²) in [5, 5.41) is 7.87. The number of aromatic nitrogens is 3. The molecule has 1 heterocycles. The van der Waals surface area contributed by atoms with E-state index in [2.05, 4.69) is 29.4 Å². The Bertz CT molecular complexity index is 392. The van der Waals surface area contributed by atoms with Crippen LogP contribution in [-0.4, -0.2) is 15.0 Å². The predicted octanol–water partition coefficient (Wildman–Crippen LogP) is 1.70. The van der Waals surface area contributed by atoms with Crippen molar-refractivity contribution in [2.24, 2.45) is 0 Å². The number of benzene rings is 1. The summed E-state index contributed by atoms with van der Waals surface area (Å²) in [4.78, 5) is 0. The van der Waals surface area contributed by atoms with Crippen LogP contribution >= 0.6 is 0 Å². The molecule has 1 aromatic carbocycles. The molecule has 1 aromatic heterocycles. The predicted molar refractivity (Wildman–Crippen MR) is 54.6 cm³/mol. The molecule has 0 N–H and O–H groups in total. The van der Waals surface area contributed by atoms with Crippen molar-refractivity contribution >= 4 is 0 Å². The standard InChI is InChI=1S/C11H12N3/c1-2-11-8-12-13-14(11)9-10-6-4-3-5-7-10/h3-8H,1-2,9H2. The summed E-state index contributed by atoms with van der Waals surface area (Å²) in [6.45, 7) is 4.60. The molecule has 0 aliphatic heterocycles. The Morgan fingerprint density at radius 3 is 2.71 bits per heavy atom. The van der Waals surface area contributed by atoms with Crippen LogP contribution in [0.1, 0.15) is 11.3 Å². The third-order valence-corrected chi connectivity index (χ3v) is 2.13. The van der Waals surface area contributed by atoms with E-state index in [1.807, 2.05) is 22.9 Å². The Balaban J connectivity index is 2.19. The average molecular weight is 186 g/mol. The summed E-state index contributed by atoms with van der Waals surface area (Å²) in [5.41, 5.74) is 2.29. The molecule has 0 spiro atoms. The molecule has 0 saturated carbocycles. The zero-order valence-electron chi connectivity index (χ0n) is 7.93. The second-order valence-electron chi connectivity index (χ2n) is 3.12. The Labute approximate surface area is 83.4 Å². The fourth-order valence-corrected chi connectivity index (χ4v) is 1.36. The van der Waals surface area contributed by atoms with Gasteiger partial charge in [0.05, 0.1) is 18.4 Å². The van der Waals surface area contributed by atoms with E-state index in [0.717, 1.165) is 18.7 Å². The van der Waals surface area contributed by atoms with Crippen molar-refractivity contribution in [2.75, 3.05) is 0 Å². The van der Waals surface area contributed by atoms with Gasteiger partial charge in [0.1, 0.15) is 0 Å². The molecule has 0 atom stereocenters.